The molecule has 15 heavy (non-hydrogen) atoms. The third-order valence-corrected chi connectivity index (χ3v) is 1.22. The van der Waals surface area contributed by atoms with Gasteiger partial charge in [0.1, 0.15) is 0 Å². The lowest BCUT2D eigenvalue weighted by molar-refractivity contribution is -0.445. The number of rotatable bonds is 1. The highest BCUT2D eigenvalue weighted by Crippen LogP contribution is 2.01. The molecule has 0 bridgehead atoms. The molecule has 0 aromatic heterocycles. The molecule has 0 amide bonds. The molecule has 0 aliphatic rings. The van der Waals surface area contributed by atoms with Crippen LogP contribution in [0.1, 0.15) is 24.2 Å². The first-order chi connectivity index (χ1) is 7.04. The molecule has 0 unspecified atom stereocenters. The van der Waals surface area contributed by atoms with E-state index in [0.717, 1.165) is 7.05 Å². The molecule has 4 nitrogen and oxygen atoms in total. The lowest BCUT2D eigenvalue weighted by Gasteiger charge is -1.87. The highest BCUT2D eigenvalue weighted by Gasteiger charge is 1.95. The second kappa shape index (κ2) is 10.7. The van der Waals surface area contributed by atoms with Crippen molar-refractivity contribution in [3.8, 4) is 0 Å². The first-order valence-electron chi connectivity index (χ1n) is 4.37. The summed E-state index contributed by atoms with van der Waals surface area (Å²) in [5.41, 5.74) is 0.541. The largest absolute Gasteiger partial charge is 0.276 e. The minimum Gasteiger partial charge on any atom is -0.276 e. The van der Waals surface area contributed by atoms with Crippen LogP contribution < -0.4 is 0 Å². The predicted molar refractivity (Wildman–Crippen MR) is 60.9 cm³/mol. The van der Waals surface area contributed by atoms with E-state index in [0.29, 0.717) is 5.56 Å². The molecule has 0 saturated carbocycles. The molecule has 0 fully saturated rings. The summed E-state index contributed by atoms with van der Waals surface area (Å²) < 4.78 is 0. The first-order valence-corrected chi connectivity index (χ1v) is 4.74. The smallest absolute Gasteiger partial charge is 0.252 e. The summed E-state index contributed by atoms with van der Waals surface area (Å²) in [5, 5.41) is 8.40. The molecule has 1 aromatic rings. The van der Waals surface area contributed by atoms with Gasteiger partial charge < -0.3 is 0 Å². The molecule has 0 saturated heterocycles. The van der Waals surface area contributed by atoms with E-state index in [2.05, 4.69) is 0 Å². The Balaban J connectivity index is 0. The van der Waals surface area contributed by atoms with E-state index in [9.17, 15) is 4.79 Å². The van der Waals surface area contributed by atoms with E-state index < -0.39 is 10.2 Å². The molecule has 0 spiro atoms. The van der Waals surface area contributed by atoms with Crippen LogP contribution in [0.3, 0.4) is 0 Å². The van der Waals surface area contributed by atoms with Gasteiger partial charge in [0.05, 0.1) is 0 Å². The molecular formula is C10H14ClNO3. The predicted octanol–water partition coefficient (Wildman–Crippen LogP) is 2.98. The minimum absolute atomic E-state index is 0.407. The Labute approximate surface area is 94.0 Å². The molecule has 0 atom stereocenters. The monoisotopic (exact) mass is 231 g/mol. The fourth-order valence-electron chi connectivity index (χ4n) is 0.569. The quantitative estimate of drug-likeness (QED) is 0.424. The molecule has 0 radical (unpaired) electrons. The van der Waals surface area contributed by atoms with Gasteiger partial charge in [0.25, 0.3) is 5.24 Å². The number of nitro groups is 1. The van der Waals surface area contributed by atoms with E-state index in [1.165, 1.54) is 0 Å². The van der Waals surface area contributed by atoms with Crippen LogP contribution in [-0.2, 0) is 0 Å². The molecule has 5 heteroatoms. The van der Waals surface area contributed by atoms with Crippen molar-refractivity contribution in [2.24, 2.45) is 0 Å². The summed E-state index contributed by atoms with van der Waals surface area (Å²) >= 11 is 5.16. The van der Waals surface area contributed by atoms with Crippen molar-refractivity contribution in [3.05, 3.63) is 46.0 Å². The van der Waals surface area contributed by atoms with Crippen molar-refractivity contribution >= 4 is 16.8 Å². The van der Waals surface area contributed by atoms with Crippen molar-refractivity contribution < 1.29 is 9.72 Å². The highest BCUT2D eigenvalue weighted by atomic mass is 35.5. The van der Waals surface area contributed by atoms with Crippen molar-refractivity contribution in [1.29, 1.82) is 0 Å². The molecule has 1 rings (SSSR count). The lowest BCUT2D eigenvalue weighted by Crippen LogP contribution is -1.84. The first kappa shape index (κ1) is 16.0. The van der Waals surface area contributed by atoms with Crippen molar-refractivity contribution in [2.75, 3.05) is 7.05 Å². The zero-order valence-electron chi connectivity index (χ0n) is 8.94. The normalized spacial score (nSPS) is 7.47. The molecule has 84 valence electrons. The van der Waals surface area contributed by atoms with Gasteiger partial charge in [-0.15, -0.1) is 0 Å². The Kier molecular flexibility index (Phi) is 11.4. The Morgan fingerprint density at radius 3 is 1.80 bits per heavy atom. The SMILES string of the molecule is CC.C[N+](=O)[O-].O=C(Cl)c1ccccc1. The van der Waals surface area contributed by atoms with Crippen LogP contribution in [0.4, 0.5) is 0 Å². The maximum Gasteiger partial charge on any atom is 0.252 e. The maximum absolute atomic E-state index is 10.4. The zero-order chi connectivity index (χ0) is 12.3. The summed E-state index contributed by atoms with van der Waals surface area (Å²) in [6, 6.07) is 8.74. The van der Waals surface area contributed by atoms with Gasteiger partial charge in [-0.25, -0.2) is 0 Å². The maximum atomic E-state index is 10.4. The van der Waals surface area contributed by atoms with Gasteiger partial charge in [-0.1, -0.05) is 44.2 Å². The number of carbonyl (C=O) groups excluding carboxylic acids is 1. The van der Waals surface area contributed by atoms with Crippen LogP contribution in [0.25, 0.3) is 0 Å². The van der Waals surface area contributed by atoms with Crippen molar-refractivity contribution in [1.82, 2.24) is 0 Å². The average molecular weight is 232 g/mol. The summed E-state index contributed by atoms with van der Waals surface area (Å²) in [6.45, 7) is 4.00. The van der Waals surface area contributed by atoms with Crippen LogP contribution >= 0.6 is 11.6 Å². The number of nitrogens with zero attached hydrogens (tertiary/aromatic N) is 1. The third kappa shape index (κ3) is 12.6. The fourth-order valence-corrected chi connectivity index (χ4v) is 0.695. The second-order valence-electron chi connectivity index (χ2n) is 2.08. The van der Waals surface area contributed by atoms with Crippen LogP contribution in [0, 0.1) is 10.1 Å². The van der Waals surface area contributed by atoms with Gasteiger partial charge in [-0.3, -0.25) is 14.9 Å². The highest BCUT2D eigenvalue weighted by molar-refractivity contribution is 6.67. The third-order valence-electron chi connectivity index (χ3n) is 1.00. The molecule has 0 heterocycles. The number of benzene rings is 1. The number of hydrogen-bond acceptors (Lipinski definition) is 3. The Morgan fingerprint density at radius 2 is 1.60 bits per heavy atom. The molecule has 1 aromatic carbocycles. The van der Waals surface area contributed by atoms with E-state index in [1.807, 2.05) is 19.9 Å². The number of halogens is 1. The number of carbonyl (C=O) groups is 1. The molecule has 0 aliphatic heterocycles. The van der Waals surface area contributed by atoms with Crippen LogP contribution in [0.15, 0.2) is 30.3 Å². The van der Waals surface area contributed by atoms with E-state index >= 15 is 0 Å². The Morgan fingerprint density at radius 1 is 1.27 bits per heavy atom. The van der Waals surface area contributed by atoms with Crippen LogP contribution in [-0.4, -0.2) is 17.2 Å². The van der Waals surface area contributed by atoms with E-state index in [1.54, 1.807) is 24.3 Å². The van der Waals surface area contributed by atoms with Gasteiger partial charge in [-0.05, 0) is 11.6 Å². The molecule has 0 N–H and O–H groups in total. The van der Waals surface area contributed by atoms with Gasteiger partial charge in [0.2, 0.25) is 0 Å². The lowest BCUT2D eigenvalue weighted by atomic mass is 10.2. The van der Waals surface area contributed by atoms with Gasteiger partial charge in [0, 0.05) is 10.5 Å². The van der Waals surface area contributed by atoms with Gasteiger partial charge in [0.15, 0.2) is 7.05 Å². The summed E-state index contributed by atoms with van der Waals surface area (Å²) in [7, 11) is 0.889. The fraction of sp³-hybridized carbons (Fsp3) is 0.300. The summed E-state index contributed by atoms with van der Waals surface area (Å²) in [5.74, 6) is 0. The Hall–Kier alpha value is -1.42. The van der Waals surface area contributed by atoms with Crippen LogP contribution in [0.5, 0.6) is 0 Å². The molecular weight excluding hydrogens is 218 g/mol. The standard InChI is InChI=1S/C7H5ClO.C2H6.CH3NO2/c8-7(9)6-4-2-1-3-5-6;1-2;1-2(3)4/h1-5H;1-2H3;1H3. The minimum atomic E-state index is -0.500. The number of hydrogen-bond donors (Lipinski definition) is 0. The van der Waals surface area contributed by atoms with Gasteiger partial charge in [-0.2, -0.15) is 0 Å². The van der Waals surface area contributed by atoms with Gasteiger partial charge >= 0.3 is 0 Å². The van der Waals surface area contributed by atoms with Crippen molar-refractivity contribution in [3.63, 3.8) is 0 Å². The summed E-state index contributed by atoms with van der Waals surface area (Å²) in [4.78, 5) is 18.7. The van der Waals surface area contributed by atoms with Crippen molar-refractivity contribution in [2.45, 2.75) is 13.8 Å². The van der Waals surface area contributed by atoms with E-state index in [-0.39, 0.29) is 0 Å². The Bertz CT molecular complexity index is 284. The van der Waals surface area contributed by atoms with E-state index in [4.69, 9.17) is 21.7 Å². The summed E-state index contributed by atoms with van der Waals surface area (Å²) in [6.07, 6.45) is 0. The average Bonchev–Trinajstić information content (AvgIpc) is 2.21. The zero-order valence-corrected chi connectivity index (χ0v) is 9.69. The molecule has 0 aliphatic carbocycles. The second-order valence-corrected chi connectivity index (χ2v) is 2.42. The topological polar surface area (TPSA) is 60.2 Å². The van der Waals surface area contributed by atoms with Crippen LogP contribution in [0.2, 0.25) is 0 Å².